The molecular weight excluding hydrogens is 246 g/mol. The predicted molar refractivity (Wildman–Crippen MR) is 68.1 cm³/mol. The second kappa shape index (κ2) is 5.26. The molecule has 2 aromatic rings. The zero-order valence-electron chi connectivity index (χ0n) is 10.1. The number of carbonyl (C=O) groups excluding carboxylic acids is 1. The molecule has 2 aromatic heterocycles. The molecule has 0 fully saturated rings. The Morgan fingerprint density at radius 1 is 1.21 bits per heavy atom. The van der Waals surface area contributed by atoms with Gasteiger partial charge in [-0.05, 0) is 30.7 Å². The highest BCUT2D eigenvalue weighted by molar-refractivity contribution is 6.04. The van der Waals surface area contributed by atoms with E-state index in [1.165, 1.54) is 18.3 Å². The Labute approximate surface area is 109 Å². The topological polar surface area (TPSA) is 92.2 Å². The summed E-state index contributed by atoms with van der Waals surface area (Å²) in [6.07, 6.45) is 2.80. The molecule has 0 aliphatic rings. The number of carboxylic acids is 1. The first-order valence-electron chi connectivity index (χ1n) is 5.50. The van der Waals surface area contributed by atoms with E-state index >= 15 is 0 Å². The second-order valence-corrected chi connectivity index (χ2v) is 3.86. The lowest BCUT2D eigenvalue weighted by molar-refractivity contribution is 0.0690. The molecule has 0 atom stereocenters. The van der Waals surface area contributed by atoms with Crippen LogP contribution in [-0.4, -0.2) is 27.0 Å². The van der Waals surface area contributed by atoms with Gasteiger partial charge in [-0.2, -0.15) is 0 Å². The van der Waals surface area contributed by atoms with E-state index in [4.69, 9.17) is 5.11 Å². The van der Waals surface area contributed by atoms with E-state index in [-0.39, 0.29) is 17.2 Å². The number of nitrogens with zero attached hydrogens (tertiary/aromatic N) is 2. The van der Waals surface area contributed by atoms with Gasteiger partial charge in [-0.25, -0.2) is 14.8 Å². The van der Waals surface area contributed by atoms with E-state index in [0.29, 0.717) is 5.82 Å². The van der Waals surface area contributed by atoms with Crippen LogP contribution < -0.4 is 5.32 Å². The highest BCUT2D eigenvalue weighted by atomic mass is 16.4. The van der Waals surface area contributed by atoms with Crippen molar-refractivity contribution in [3.63, 3.8) is 0 Å². The van der Waals surface area contributed by atoms with E-state index in [9.17, 15) is 9.59 Å². The number of aromatic nitrogens is 2. The maximum absolute atomic E-state index is 11.9. The van der Waals surface area contributed by atoms with Crippen LogP contribution in [0.15, 0.2) is 36.7 Å². The Balaban J connectivity index is 2.16. The van der Waals surface area contributed by atoms with Gasteiger partial charge in [-0.1, -0.05) is 6.07 Å². The summed E-state index contributed by atoms with van der Waals surface area (Å²) in [5.74, 6) is -1.05. The summed E-state index contributed by atoms with van der Waals surface area (Å²) < 4.78 is 0. The smallest absolute Gasteiger partial charge is 0.354 e. The summed E-state index contributed by atoms with van der Waals surface area (Å²) in [4.78, 5) is 30.3. The van der Waals surface area contributed by atoms with Crippen LogP contribution in [0.4, 0.5) is 5.82 Å². The third-order valence-electron chi connectivity index (χ3n) is 2.49. The molecule has 0 aliphatic heterocycles. The Kier molecular flexibility index (Phi) is 3.51. The van der Waals surface area contributed by atoms with Crippen molar-refractivity contribution in [2.24, 2.45) is 0 Å². The highest BCUT2D eigenvalue weighted by Crippen LogP contribution is 2.11. The summed E-state index contributed by atoms with van der Waals surface area (Å²) in [5.41, 5.74) is 1.01. The molecule has 0 saturated carbocycles. The SMILES string of the molecule is Cc1cccnc1NC(=O)c1ccc(C(=O)O)nc1. The van der Waals surface area contributed by atoms with Crippen molar-refractivity contribution in [3.8, 4) is 0 Å². The summed E-state index contributed by atoms with van der Waals surface area (Å²) >= 11 is 0. The number of rotatable bonds is 3. The molecule has 0 radical (unpaired) electrons. The lowest BCUT2D eigenvalue weighted by Gasteiger charge is -2.06. The molecule has 0 aromatic carbocycles. The van der Waals surface area contributed by atoms with E-state index in [1.807, 2.05) is 13.0 Å². The van der Waals surface area contributed by atoms with Gasteiger partial charge in [0, 0.05) is 12.4 Å². The molecule has 96 valence electrons. The molecule has 0 unspecified atom stereocenters. The van der Waals surface area contributed by atoms with Gasteiger partial charge >= 0.3 is 5.97 Å². The molecule has 19 heavy (non-hydrogen) atoms. The van der Waals surface area contributed by atoms with Crippen LogP contribution in [0.5, 0.6) is 0 Å². The molecule has 0 saturated heterocycles. The Morgan fingerprint density at radius 3 is 2.58 bits per heavy atom. The van der Waals surface area contributed by atoms with Crippen molar-refractivity contribution in [2.45, 2.75) is 6.92 Å². The van der Waals surface area contributed by atoms with Crippen molar-refractivity contribution in [3.05, 3.63) is 53.5 Å². The number of nitrogens with one attached hydrogen (secondary N) is 1. The summed E-state index contributed by atoms with van der Waals surface area (Å²) in [5, 5.41) is 11.4. The number of aryl methyl sites for hydroxylation is 1. The fourth-order valence-corrected chi connectivity index (χ4v) is 1.45. The molecule has 2 N–H and O–H groups in total. The van der Waals surface area contributed by atoms with E-state index < -0.39 is 5.97 Å². The van der Waals surface area contributed by atoms with Gasteiger partial charge in [0.05, 0.1) is 5.56 Å². The van der Waals surface area contributed by atoms with Gasteiger partial charge in [0.1, 0.15) is 11.5 Å². The minimum atomic E-state index is -1.13. The molecule has 2 heterocycles. The van der Waals surface area contributed by atoms with Crippen molar-refractivity contribution in [2.75, 3.05) is 5.32 Å². The molecule has 6 heteroatoms. The number of aromatic carboxylic acids is 1. The lowest BCUT2D eigenvalue weighted by Crippen LogP contribution is -2.14. The maximum Gasteiger partial charge on any atom is 0.354 e. The summed E-state index contributed by atoms with van der Waals surface area (Å²) in [7, 11) is 0. The number of carboxylic acid groups (broad SMARTS) is 1. The molecule has 0 bridgehead atoms. The standard InChI is InChI=1S/C13H11N3O3/c1-8-3-2-6-14-11(8)16-12(17)9-4-5-10(13(18)19)15-7-9/h2-7H,1H3,(H,18,19)(H,14,16,17). The number of hydrogen-bond acceptors (Lipinski definition) is 4. The molecule has 0 aliphatic carbocycles. The zero-order valence-corrected chi connectivity index (χ0v) is 10.1. The lowest BCUT2D eigenvalue weighted by atomic mass is 10.2. The first kappa shape index (κ1) is 12.7. The van der Waals surface area contributed by atoms with Crippen LogP contribution in [0, 0.1) is 6.92 Å². The fraction of sp³-hybridized carbons (Fsp3) is 0.0769. The number of anilines is 1. The third kappa shape index (κ3) is 2.92. The van der Waals surface area contributed by atoms with Crippen LogP contribution in [0.25, 0.3) is 0 Å². The van der Waals surface area contributed by atoms with Crippen LogP contribution in [0.1, 0.15) is 26.4 Å². The first-order chi connectivity index (χ1) is 9.08. The van der Waals surface area contributed by atoms with Gasteiger partial charge in [0.25, 0.3) is 5.91 Å². The maximum atomic E-state index is 11.9. The number of hydrogen-bond donors (Lipinski definition) is 2. The van der Waals surface area contributed by atoms with Crippen LogP contribution in [0.3, 0.4) is 0 Å². The minimum Gasteiger partial charge on any atom is -0.477 e. The average molecular weight is 257 g/mol. The molecule has 6 nitrogen and oxygen atoms in total. The van der Waals surface area contributed by atoms with Crippen LogP contribution in [-0.2, 0) is 0 Å². The van der Waals surface area contributed by atoms with Crippen molar-refractivity contribution in [1.82, 2.24) is 9.97 Å². The van der Waals surface area contributed by atoms with Gasteiger partial charge < -0.3 is 10.4 Å². The molecule has 2 rings (SSSR count). The zero-order chi connectivity index (χ0) is 13.8. The van der Waals surface area contributed by atoms with Crippen molar-refractivity contribution in [1.29, 1.82) is 0 Å². The fourth-order valence-electron chi connectivity index (χ4n) is 1.45. The molecular formula is C13H11N3O3. The monoisotopic (exact) mass is 257 g/mol. The second-order valence-electron chi connectivity index (χ2n) is 3.86. The van der Waals surface area contributed by atoms with Gasteiger partial charge in [0.15, 0.2) is 0 Å². The van der Waals surface area contributed by atoms with E-state index in [0.717, 1.165) is 5.56 Å². The van der Waals surface area contributed by atoms with E-state index in [1.54, 1.807) is 12.3 Å². The number of carbonyl (C=O) groups is 2. The Morgan fingerprint density at radius 2 is 2.00 bits per heavy atom. The Bertz CT molecular complexity index is 623. The van der Waals surface area contributed by atoms with Crippen LogP contribution >= 0.6 is 0 Å². The predicted octanol–water partition coefficient (Wildman–Crippen LogP) is 1.74. The summed E-state index contributed by atoms with van der Waals surface area (Å²) in [6.45, 7) is 1.83. The number of pyridine rings is 2. The van der Waals surface area contributed by atoms with Crippen LogP contribution in [0.2, 0.25) is 0 Å². The molecule has 1 amide bonds. The quantitative estimate of drug-likeness (QED) is 0.873. The van der Waals surface area contributed by atoms with Gasteiger partial charge in [-0.3, -0.25) is 4.79 Å². The van der Waals surface area contributed by atoms with E-state index in [2.05, 4.69) is 15.3 Å². The van der Waals surface area contributed by atoms with Gasteiger partial charge in [-0.15, -0.1) is 0 Å². The summed E-state index contributed by atoms with van der Waals surface area (Å²) in [6, 6.07) is 6.29. The Hall–Kier alpha value is -2.76. The van der Waals surface area contributed by atoms with Crippen molar-refractivity contribution >= 4 is 17.7 Å². The minimum absolute atomic E-state index is 0.106. The largest absolute Gasteiger partial charge is 0.477 e. The highest BCUT2D eigenvalue weighted by Gasteiger charge is 2.10. The number of amides is 1. The first-order valence-corrected chi connectivity index (χ1v) is 5.50. The van der Waals surface area contributed by atoms with Gasteiger partial charge in [0.2, 0.25) is 0 Å². The van der Waals surface area contributed by atoms with Crippen molar-refractivity contribution < 1.29 is 14.7 Å². The average Bonchev–Trinajstić information content (AvgIpc) is 2.41. The normalized spacial score (nSPS) is 9.95. The molecule has 0 spiro atoms. The third-order valence-corrected chi connectivity index (χ3v) is 2.49.